The molecule has 0 fully saturated rings. The maximum absolute atomic E-state index is 10.1. The Morgan fingerprint density at radius 2 is 1.83 bits per heavy atom. The van der Waals surface area contributed by atoms with Crippen LogP contribution in [0.4, 0.5) is 17.3 Å². The Balaban J connectivity index is 1.65. The second kappa shape index (κ2) is 8.31. The van der Waals surface area contributed by atoms with Crippen LogP contribution in [-0.2, 0) is 0 Å². The molecule has 0 spiro atoms. The van der Waals surface area contributed by atoms with Crippen molar-refractivity contribution >= 4 is 78.3 Å². The molecule has 3 N–H and O–H groups in total. The number of aromatic nitrogens is 4. The van der Waals surface area contributed by atoms with Crippen LogP contribution >= 0.6 is 43.5 Å². The quantitative estimate of drug-likeness (QED) is 0.237. The summed E-state index contributed by atoms with van der Waals surface area (Å²) in [5, 5.41) is 25.2. The molecular weight excluding hydrogens is 529 g/mol. The average molecular weight is 540 g/mol. The number of nitrogens with zero attached hydrogens (tertiary/aromatic N) is 5. The third kappa shape index (κ3) is 4.47. The molecule has 4 aromatic rings. The van der Waals surface area contributed by atoms with E-state index in [0.717, 1.165) is 10.2 Å². The number of aromatic hydroxyl groups is 1. The second-order valence-electron chi connectivity index (χ2n) is 5.66. The van der Waals surface area contributed by atoms with Crippen molar-refractivity contribution in [3.8, 4) is 5.75 Å². The number of rotatable bonds is 5. The number of hydrogen-bond donors (Lipinski definition) is 3. The standard InChI is InChI=1S/C17H10Br2ClN7O2/c18-9-2-1-3-11(5-9)22-14-15(24-17-16(23-14)26-29-27-17)25-21-7-8-4-10(20)6-12(19)13(8)28/h1-7,28H,(H,22,23,26)(H,24,25,27). The summed E-state index contributed by atoms with van der Waals surface area (Å²) in [6.45, 7) is 0. The Labute approximate surface area is 185 Å². The van der Waals surface area contributed by atoms with Crippen molar-refractivity contribution in [2.75, 3.05) is 10.7 Å². The van der Waals surface area contributed by atoms with Crippen molar-refractivity contribution in [2.45, 2.75) is 0 Å². The lowest BCUT2D eigenvalue weighted by Gasteiger charge is -2.09. The van der Waals surface area contributed by atoms with Crippen LogP contribution in [-0.4, -0.2) is 31.6 Å². The largest absolute Gasteiger partial charge is 0.506 e. The molecule has 0 aliphatic rings. The van der Waals surface area contributed by atoms with Crippen molar-refractivity contribution < 1.29 is 9.74 Å². The van der Waals surface area contributed by atoms with Crippen LogP contribution in [0.3, 0.4) is 0 Å². The first-order valence-corrected chi connectivity index (χ1v) is 9.96. The van der Waals surface area contributed by atoms with E-state index >= 15 is 0 Å². The van der Waals surface area contributed by atoms with E-state index in [9.17, 15) is 5.11 Å². The van der Waals surface area contributed by atoms with Gasteiger partial charge >= 0.3 is 0 Å². The summed E-state index contributed by atoms with van der Waals surface area (Å²) in [4.78, 5) is 8.68. The SMILES string of the molecule is Oc1c(Br)cc(Cl)cc1C=NNc1nc2nonc2nc1Nc1cccc(Br)c1. The number of phenols is 1. The van der Waals surface area contributed by atoms with Gasteiger partial charge in [-0.2, -0.15) is 10.1 Å². The molecule has 9 nitrogen and oxygen atoms in total. The number of benzene rings is 2. The molecule has 2 aromatic heterocycles. The smallest absolute Gasteiger partial charge is 0.245 e. The van der Waals surface area contributed by atoms with Gasteiger partial charge in [0.1, 0.15) is 5.75 Å². The highest BCUT2D eigenvalue weighted by Gasteiger charge is 2.13. The zero-order valence-electron chi connectivity index (χ0n) is 14.3. The van der Waals surface area contributed by atoms with Crippen LogP contribution in [0, 0.1) is 0 Å². The molecule has 2 aromatic carbocycles. The average Bonchev–Trinajstić information content (AvgIpc) is 3.13. The number of nitrogens with one attached hydrogen (secondary N) is 2. The summed E-state index contributed by atoms with van der Waals surface area (Å²) in [7, 11) is 0. The fourth-order valence-electron chi connectivity index (χ4n) is 2.35. The van der Waals surface area contributed by atoms with Gasteiger partial charge in [-0.25, -0.2) is 9.61 Å². The molecule has 4 rings (SSSR count). The van der Waals surface area contributed by atoms with E-state index in [1.807, 2.05) is 24.3 Å². The van der Waals surface area contributed by atoms with Crippen molar-refractivity contribution in [1.82, 2.24) is 20.3 Å². The summed E-state index contributed by atoms with van der Waals surface area (Å²) >= 11 is 12.7. The molecule has 0 atom stereocenters. The molecule has 0 saturated heterocycles. The molecule has 0 unspecified atom stereocenters. The number of phenolic OH excluding ortho intramolecular Hbond substituents is 1. The van der Waals surface area contributed by atoms with E-state index in [1.54, 1.807) is 12.1 Å². The Hall–Kier alpha value is -2.76. The van der Waals surface area contributed by atoms with Gasteiger partial charge in [-0.05, 0) is 56.6 Å². The minimum absolute atomic E-state index is 0.00896. The lowest BCUT2D eigenvalue weighted by atomic mass is 10.2. The van der Waals surface area contributed by atoms with Gasteiger partial charge in [0.25, 0.3) is 0 Å². The van der Waals surface area contributed by atoms with Gasteiger partial charge in [0.2, 0.25) is 11.3 Å². The first kappa shape index (κ1) is 19.6. The molecule has 2 heterocycles. The maximum atomic E-state index is 10.1. The fraction of sp³-hybridized carbons (Fsp3) is 0. The summed E-state index contributed by atoms with van der Waals surface area (Å²) in [6.07, 6.45) is 1.40. The first-order valence-electron chi connectivity index (χ1n) is 7.99. The highest BCUT2D eigenvalue weighted by Crippen LogP contribution is 2.30. The van der Waals surface area contributed by atoms with Crippen molar-refractivity contribution in [2.24, 2.45) is 5.10 Å². The van der Waals surface area contributed by atoms with E-state index in [-0.39, 0.29) is 22.9 Å². The minimum Gasteiger partial charge on any atom is -0.506 e. The van der Waals surface area contributed by atoms with Crippen LogP contribution < -0.4 is 10.7 Å². The summed E-state index contributed by atoms with van der Waals surface area (Å²) < 4.78 is 6.03. The Morgan fingerprint density at radius 3 is 2.59 bits per heavy atom. The molecule has 12 heteroatoms. The molecule has 0 saturated carbocycles. The Bertz CT molecular complexity index is 1230. The van der Waals surface area contributed by atoms with E-state index in [0.29, 0.717) is 20.9 Å². The molecule has 0 amide bonds. The Morgan fingerprint density at radius 1 is 1.07 bits per heavy atom. The lowest BCUT2D eigenvalue weighted by Crippen LogP contribution is -2.03. The van der Waals surface area contributed by atoms with E-state index in [4.69, 9.17) is 11.6 Å². The predicted molar refractivity (Wildman–Crippen MR) is 117 cm³/mol. The zero-order valence-corrected chi connectivity index (χ0v) is 18.2. The van der Waals surface area contributed by atoms with Crippen LogP contribution in [0.5, 0.6) is 5.75 Å². The number of anilines is 3. The topological polar surface area (TPSA) is 121 Å². The molecule has 0 bridgehead atoms. The van der Waals surface area contributed by atoms with Gasteiger partial charge in [-0.15, -0.1) is 0 Å². The van der Waals surface area contributed by atoms with Gasteiger partial charge in [-0.1, -0.05) is 33.6 Å². The van der Waals surface area contributed by atoms with Gasteiger partial charge < -0.3 is 10.4 Å². The minimum atomic E-state index is 0.00896. The second-order valence-corrected chi connectivity index (χ2v) is 7.87. The highest BCUT2D eigenvalue weighted by molar-refractivity contribution is 9.10. The molecule has 29 heavy (non-hydrogen) atoms. The molecule has 0 radical (unpaired) electrons. The number of halogens is 3. The van der Waals surface area contributed by atoms with Crippen molar-refractivity contribution in [3.63, 3.8) is 0 Å². The third-order valence-electron chi connectivity index (χ3n) is 3.63. The number of hydrogen-bond acceptors (Lipinski definition) is 9. The van der Waals surface area contributed by atoms with E-state index in [1.165, 1.54) is 6.21 Å². The molecule has 0 aliphatic carbocycles. The van der Waals surface area contributed by atoms with Crippen LogP contribution in [0.25, 0.3) is 11.3 Å². The molecule has 146 valence electrons. The predicted octanol–water partition coefficient (Wildman–Crippen LogP) is 5.09. The number of hydrazone groups is 1. The normalized spacial score (nSPS) is 11.3. The van der Waals surface area contributed by atoms with Crippen molar-refractivity contribution in [1.29, 1.82) is 0 Å². The van der Waals surface area contributed by atoms with Crippen LogP contribution in [0.15, 0.2) is 55.1 Å². The van der Waals surface area contributed by atoms with Gasteiger partial charge in [0.15, 0.2) is 11.6 Å². The maximum Gasteiger partial charge on any atom is 0.245 e. The molecular formula is C17H10Br2ClN7O2. The lowest BCUT2D eigenvalue weighted by molar-refractivity contribution is 0.314. The summed E-state index contributed by atoms with van der Waals surface area (Å²) in [5.41, 5.74) is 4.43. The van der Waals surface area contributed by atoms with Gasteiger partial charge in [0, 0.05) is 20.7 Å². The Kier molecular flexibility index (Phi) is 5.60. The molecule has 0 aliphatic heterocycles. The first-order chi connectivity index (χ1) is 14.0. The monoisotopic (exact) mass is 537 g/mol. The third-order valence-corrected chi connectivity index (χ3v) is 4.95. The van der Waals surface area contributed by atoms with Crippen LogP contribution in [0.1, 0.15) is 5.56 Å². The summed E-state index contributed by atoms with van der Waals surface area (Å²) in [6, 6.07) is 10.7. The van der Waals surface area contributed by atoms with Gasteiger partial charge in [0.05, 0.1) is 10.7 Å². The van der Waals surface area contributed by atoms with Crippen molar-refractivity contribution in [3.05, 3.63) is 55.9 Å². The van der Waals surface area contributed by atoms with Gasteiger partial charge in [-0.3, -0.25) is 5.43 Å². The zero-order chi connectivity index (χ0) is 20.4. The summed E-state index contributed by atoms with van der Waals surface area (Å²) in [5.74, 6) is 0.652. The number of fused-ring (bicyclic) bond motifs is 1. The van der Waals surface area contributed by atoms with Crippen LogP contribution in [0.2, 0.25) is 5.02 Å². The fourth-order valence-corrected chi connectivity index (χ4v) is 3.59. The highest BCUT2D eigenvalue weighted by atomic mass is 79.9. The van der Waals surface area contributed by atoms with E-state index in [2.05, 4.69) is 72.6 Å². The van der Waals surface area contributed by atoms with E-state index < -0.39 is 0 Å².